The number of nitrogen functional groups attached to an aromatic ring is 1. The zero-order valence-corrected chi connectivity index (χ0v) is 10.9. The Morgan fingerprint density at radius 1 is 1.00 bits per heavy atom. The lowest BCUT2D eigenvalue weighted by atomic mass is 10.0. The van der Waals surface area contributed by atoms with Crippen LogP contribution in [0, 0.1) is 0 Å². The minimum atomic E-state index is -0.253. The molecule has 3 nitrogen and oxygen atoms in total. The van der Waals surface area contributed by atoms with E-state index in [1.807, 2.05) is 24.3 Å². The van der Waals surface area contributed by atoms with Gasteiger partial charge in [-0.15, -0.1) is 11.3 Å². The standard InChI is InChI=1S/C15H12N2OS/c16-17-15(18)14-9-8-13(19-14)12-7-3-5-10-4-1-2-6-11(10)12/h1-9H,16H2,(H,17,18). The molecule has 0 bridgehead atoms. The van der Waals surface area contributed by atoms with Gasteiger partial charge in [0, 0.05) is 4.88 Å². The van der Waals surface area contributed by atoms with Crippen molar-refractivity contribution in [2.24, 2.45) is 5.84 Å². The molecule has 0 unspecified atom stereocenters. The van der Waals surface area contributed by atoms with Gasteiger partial charge in [0.05, 0.1) is 4.88 Å². The van der Waals surface area contributed by atoms with E-state index in [0.29, 0.717) is 4.88 Å². The molecular weight excluding hydrogens is 256 g/mol. The van der Waals surface area contributed by atoms with Crippen LogP contribution in [0.25, 0.3) is 21.2 Å². The second-order valence-corrected chi connectivity index (χ2v) is 5.25. The fourth-order valence-electron chi connectivity index (χ4n) is 2.12. The lowest BCUT2D eigenvalue weighted by Crippen LogP contribution is -2.29. The SMILES string of the molecule is NNC(=O)c1ccc(-c2cccc3ccccc23)s1. The first-order valence-corrected chi connectivity index (χ1v) is 6.70. The van der Waals surface area contributed by atoms with E-state index in [4.69, 9.17) is 5.84 Å². The highest BCUT2D eigenvalue weighted by molar-refractivity contribution is 7.17. The molecule has 0 fully saturated rings. The van der Waals surface area contributed by atoms with Crippen molar-refractivity contribution in [3.8, 4) is 10.4 Å². The molecule has 0 aliphatic rings. The Balaban J connectivity index is 2.14. The molecule has 0 aliphatic heterocycles. The molecule has 3 N–H and O–H groups in total. The van der Waals surface area contributed by atoms with Crippen LogP contribution < -0.4 is 11.3 Å². The van der Waals surface area contributed by atoms with Crippen LogP contribution in [-0.2, 0) is 0 Å². The Labute approximate surface area is 114 Å². The number of fused-ring (bicyclic) bond motifs is 1. The van der Waals surface area contributed by atoms with Gasteiger partial charge in [0.2, 0.25) is 0 Å². The van der Waals surface area contributed by atoms with Crippen LogP contribution in [0.5, 0.6) is 0 Å². The third-order valence-corrected chi connectivity index (χ3v) is 4.13. The van der Waals surface area contributed by atoms with Gasteiger partial charge < -0.3 is 0 Å². The van der Waals surface area contributed by atoms with E-state index in [0.717, 1.165) is 10.4 Å². The number of rotatable bonds is 2. The Bertz CT molecular complexity index is 743. The molecule has 94 valence electrons. The van der Waals surface area contributed by atoms with Crippen LogP contribution in [0.2, 0.25) is 0 Å². The lowest BCUT2D eigenvalue weighted by molar-refractivity contribution is 0.0957. The van der Waals surface area contributed by atoms with Crippen LogP contribution in [0.3, 0.4) is 0 Å². The smallest absolute Gasteiger partial charge is 0.275 e. The highest BCUT2D eigenvalue weighted by atomic mass is 32.1. The van der Waals surface area contributed by atoms with Gasteiger partial charge in [-0.25, -0.2) is 5.84 Å². The van der Waals surface area contributed by atoms with E-state index in [1.54, 1.807) is 6.07 Å². The molecule has 0 saturated carbocycles. The zero-order chi connectivity index (χ0) is 13.2. The highest BCUT2D eigenvalue weighted by Gasteiger charge is 2.10. The maximum absolute atomic E-state index is 11.5. The van der Waals surface area contributed by atoms with Crippen molar-refractivity contribution < 1.29 is 4.79 Å². The largest absolute Gasteiger partial charge is 0.289 e. The fourth-order valence-corrected chi connectivity index (χ4v) is 3.06. The number of hydrogen-bond donors (Lipinski definition) is 2. The van der Waals surface area contributed by atoms with Gasteiger partial charge in [0.25, 0.3) is 5.91 Å². The minimum Gasteiger partial charge on any atom is -0.289 e. The minimum absolute atomic E-state index is 0.253. The quantitative estimate of drug-likeness (QED) is 0.426. The number of thiophene rings is 1. The first-order chi connectivity index (χ1) is 9.29. The predicted molar refractivity (Wildman–Crippen MR) is 78.9 cm³/mol. The number of carbonyl (C=O) groups is 1. The molecule has 0 radical (unpaired) electrons. The summed E-state index contributed by atoms with van der Waals surface area (Å²) in [4.78, 5) is 13.2. The summed E-state index contributed by atoms with van der Waals surface area (Å²) in [5.74, 6) is 4.90. The Hall–Kier alpha value is -2.17. The number of nitrogens with two attached hydrogens (primary N) is 1. The van der Waals surface area contributed by atoms with E-state index in [9.17, 15) is 4.79 Å². The second kappa shape index (κ2) is 4.84. The Morgan fingerprint density at radius 2 is 1.79 bits per heavy atom. The van der Waals surface area contributed by atoms with E-state index in [2.05, 4.69) is 29.7 Å². The van der Waals surface area contributed by atoms with Gasteiger partial charge in [-0.2, -0.15) is 0 Å². The van der Waals surface area contributed by atoms with Gasteiger partial charge in [-0.1, -0.05) is 42.5 Å². The maximum atomic E-state index is 11.5. The molecule has 0 saturated heterocycles. The summed E-state index contributed by atoms with van der Waals surface area (Å²) >= 11 is 1.44. The molecule has 19 heavy (non-hydrogen) atoms. The van der Waals surface area contributed by atoms with Gasteiger partial charge in [0.1, 0.15) is 0 Å². The second-order valence-electron chi connectivity index (χ2n) is 4.16. The third kappa shape index (κ3) is 2.12. The van der Waals surface area contributed by atoms with Gasteiger partial charge in [-0.05, 0) is 28.5 Å². The molecule has 1 heterocycles. The first-order valence-electron chi connectivity index (χ1n) is 5.88. The first kappa shape index (κ1) is 11.9. The zero-order valence-electron chi connectivity index (χ0n) is 10.1. The summed E-state index contributed by atoms with van der Waals surface area (Å²) in [6.07, 6.45) is 0. The van der Waals surface area contributed by atoms with Crippen LogP contribution in [-0.4, -0.2) is 5.91 Å². The van der Waals surface area contributed by atoms with Gasteiger partial charge in [-0.3, -0.25) is 10.2 Å². The summed E-state index contributed by atoms with van der Waals surface area (Å²) in [5.41, 5.74) is 3.29. The number of benzene rings is 2. The van der Waals surface area contributed by atoms with E-state index in [-0.39, 0.29) is 5.91 Å². The normalized spacial score (nSPS) is 10.6. The molecule has 0 spiro atoms. The topological polar surface area (TPSA) is 55.1 Å². The van der Waals surface area contributed by atoms with E-state index >= 15 is 0 Å². The molecular formula is C15H12N2OS. The molecule has 2 aromatic carbocycles. The summed E-state index contributed by atoms with van der Waals surface area (Å²) in [6.45, 7) is 0. The van der Waals surface area contributed by atoms with E-state index in [1.165, 1.54) is 22.1 Å². The fraction of sp³-hybridized carbons (Fsp3) is 0. The highest BCUT2D eigenvalue weighted by Crippen LogP contribution is 2.33. The summed E-state index contributed by atoms with van der Waals surface area (Å²) in [6, 6.07) is 18.1. The average Bonchev–Trinajstić information content (AvgIpc) is 2.95. The van der Waals surface area contributed by atoms with Crippen molar-refractivity contribution in [3.05, 3.63) is 59.5 Å². The molecule has 4 heteroatoms. The summed E-state index contributed by atoms with van der Waals surface area (Å²) in [5, 5.41) is 2.38. The van der Waals surface area contributed by atoms with Gasteiger partial charge in [0.15, 0.2) is 0 Å². The molecule has 3 aromatic rings. The van der Waals surface area contributed by atoms with Gasteiger partial charge >= 0.3 is 0 Å². The van der Waals surface area contributed by atoms with Crippen molar-refractivity contribution in [2.45, 2.75) is 0 Å². The van der Waals surface area contributed by atoms with Crippen molar-refractivity contribution in [2.75, 3.05) is 0 Å². The monoisotopic (exact) mass is 268 g/mol. The molecule has 3 rings (SSSR count). The number of hydrogen-bond acceptors (Lipinski definition) is 3. The molecule has 0 atom stereocenters. The average molecular weight is 268 g/mol. The van der Waals surface area contributed by atoms with Crippen molar-refractivity contribution in [1.29, 1.82) is 0 Å². The molecule has 0 aliphatic carbocycles. The van der Waals surface area contributed by atoms with Crippen molar-refractivity contribution in [1.82, 2.24) is 5.43 Å². The third-order valence-electron chi connectivity index (χ3n) is 3.02. The van der Waals surface area contributed by atoms with Crippen LogP contribution in [0.1, 0.15) is 9.67 Å². The Kier molecular flexibility index (Phi) is 3.03. The summed E-state index contributed by atoms with van der Waals surface area (Å²) < 4.78 is 0. The lowest BCUT2D eigenvalue weighted by Gasteiger charge is -2.03. The van der Waals surface area contributed by atoms with Crippen molar-refractivity contribution in [3.63, 3.8) is 0 Å². The summed E-state index contributed by atoms with van der Waals surface area (Å²) in [7, 11) is 0. The molecule has 1 amide bonds. The van der Waals surface area contributed by atoms with Crippen molar-refractivity contribution >= 4 is 28.0 Å². The molecule has 1 aromatic heterocycles. The van der Waals surface area contributed by atoms with E-state index < -0.39 is 0 Å². The number of nitrogens with one attached hydrogen (secondary N) is 1. The van der Waals surface area contributed by atoms with Crippen LogP contribution >= 0.6 is 11.3 Å². The number of hydrazine groups is 1. The maximum Gasteiger partial charge on any atom is 0.275 e. The Morgan fingerprint density at radius 3 is 2.63 bits per heavy atom. The van der Waals surface area contributed by atoms with Crippen LogP contribution in [0.15, 0.2) is 54.6 Å². The number of carbonyl (C=O) groups excluding carboxylic acids is 1. The predicted octanol–water partition coefficient (Wildman–Crippen LogP) is 3.17. The number of amides is 1. The van der Waals surface area contributed by atoms with Crippen LogP contribution in [0.4, 0.5) is 0 Å².